The van der Waals surface area contributed by atoms with Gasteiger partial charge in [0.05, 0.1) is 5.69 Å². The highest BCUT2D eigenvalue weighted by Gasteiger charge is 2.29. The smallest absolute Gasteiger partial charge is 0.239 e. The van der Waals surface area contributed by atoms with Gasteiger partial charge in [-0.2, -0.15) is 5.10 Å². The van der Waals surface area contributed by atoms with Crippen molar-refractivity contribution in [1.29, 1.82) is 0 Å². The highest BCUT2D eigenvalue weighted by molar-refractivity contribution is 5.81. The second-order valence-corrected chi connectivity index (χ2v) is 6.01. The maximum atomic E-state index is 11.6. The van der Waals surface area contributed by atoms with Crippen LogP contribution in [0.15, 0.2) is 6.20 Å². The SMILES string of the molecule is CC(C)NC(C(N)=O)c1cn(C)nc1C(C)(C)C. The number of nitrogens with two attached hydrogens (primary N) is 1. The zero-order chi connectivity index (χ0) is 14.1. The minimum Gasteiger partial charge on any atom is -0.368 e. The predicted octanol–water partition coefficient (Wildman–Crippen LogP) is 1.24. The van der Waals surface area contributed by atoms with Gasteiger partial charge in [0.1, 0.15) is 6.04 Å². The lowest BCUT2D eigenvalue weighted by atomic mass is 9.87. The van der Waals surface area contributed by atoms with Crippen LogP contribution < -0.4 is 11.1 Å². The Morgan fingerprint density at radius 1 is 1.44 bits per heavy atom. The molecule has 0 saturated heterocycles. The third-order valence-corrected chi connectivity index (χ3v) is 2.66. The van der Waals surface area contributed by atoms with E-state index in [-0.39, 0.29) is 17.4 Å². The van der Waals surface area contributed by atoms with Crippen LogP contribution in [0.2, 0.25) is 0 Å². The highest BCUT2D eigenvalue weighted by atomic mass is 16.1. The van der Waals surface area contributed by atoms with Crippen LogP contribution in [0, 0.1) is 0 Å². The van der Waals surface area contributed by atoms with Crippen molar-refractivity contribution in [3.05, 3.63) is 17.5 Å². The van der Waals surface area contributed by atoms with Crippen molar-refractivity contribution in [2.24, 2.45) is 12.8 Å². The van der Waals surface area contributed by atoms with E-state index in [9.17, 15) is 4.79 Å². The van der Waals surface area contributed by atoms with Crippen LogP contribution >= 0.6 is 0 Å². The number of nitrogens with one attached hydrogen (secondary N) is 1. The van der Waals surface area contributed by atoms with Gasteiger partial charge in [0.15, 0.2) is 0 Å². The van der Waals surface area contributed by atoms with E-state index in [0.29, 0.717) is 0 Å². The van der Waals surface area contributed by atoms with Crippen molar-refractivity contribution in [2.45, 2.75) is 52.1 Å². The molecule has 1 atom stereocenters. The molecule has 0 radical (unpaired) electrons. The largest absolute Gasteiger partial charge is 0.368 e. The van der Waals surface area contributed by atoms with Crippen molar-refractivity contribution in [1.82, 2.24) is 15.1 Å². The van der Waals surface area contributed by atoms with Gasteiger partial charge in [-0.05, 0) is 13.8 Å². The summed E-state index contributed by atoms with van der Waals surface area (Å²) >= 11 is 0. The Hall–Kier alpha value is -1.36. The quantitative estimate of drug-likeness (QED) is 0.847. The summed E-state index contributed by atoms with van der Waals surface area (Å²) in [5.41, 5.74) is 7.15. The molecule has 18 heavy (non-hydrogen) atoms. The first-order valence-electron chi connectivity index (χ1n) is 6.22. The highest BCUT2D eigenvalue weighted by Crippen LogP contribution is 2.28. The van der Waals surface area contributed by atoms with Gasteiger partial charge >= 0.3 is 0 Å². The van der Waals surface area contributed by atoms with Crippen molar-refractivity contribution in [2.75, 3.05) is 0 Å². The Balaban J connectivity index is 3.24. The number of carbonyl (C=O) groups is 1. The second kappa shape index (κ2) is 5.10. The van der Waals surface area contributed by atoms with Crippen LogP contribution in [-0.2, 0) is 17.3 Å². The molecule has 1 rings (SSSR count). The van der Waals surface area contributed by atoms with E-state index in [2.05, 4.69) is 31.2 Å². The summed E-state index contributed by atoms with van der Waals surface area (Å²) in [6.45, 7) is 10.2. The average Bonchev–Trinajstić information content (AvgIpc) is 2.55. The first-order valence-corrected chi connectivity index (χ1v) is 6.22. The van der Waals surface area contributed by atoms with Gasteiger partial charge in [-0.15, -0.1) is 0 Å². The maximum absolute atomic E-state index is 11.6. The molecule has 0 aromatic carbocycles. The van der Waals surface area contributed by atoms with E-state index >= 15 is 0 Å². The lowest BCUT2D eigenvalue weighted by Gasteiger charge is -2.23. The molecule has 5 heteroatoms. The fourth-order valence-electron chi connectivity index (χ4n) is 1.96. The normalized spacial score (nSPS) is 13.9. The van der Waals surface area contributed by atoms with Gasteiger partial charge < -0.3 is 5.73 Å². The molecular formula is C13H24N4O. The zero-order valence-electron chi connectivity index (χ0n) is 12.1. The van der Waals surface area contributed by atoms with Crippen LogP contribution in [0.4, 0.5) is 0 Å². The van der Waals surface area contributed by atoms with Gasteiger partial charge in [0.2, 0.25) is 5.91 Å². The van der Waals surface area contributed by atoms with E-state index in [0.717, 1.165) is 11.3 Å². The van der Waals surface area contributed by atoms with Gasteiger partial charge in [-0.1, -0.05) is 20.8 Å². The minimum absolute atomic E-state index is 0.122. The summed E-state index contributed by atoms with van der Waals surface area (Å²) in [5, 5.41) is 7.65. The number of hydrogen-bond donors (Lipinski definition) is 2. The molecule has 1 amide bonds. The molecule has 102 valence electrons. The molecule has 0 spiro atoms. The second-order valence-electron chi connectivity index (χ2n) is 6.01. The number of aryl methyl sites for hydroxylation is 1. The molecule has 5 nitrogen and oxygen atoms in total. The van der Waals surface area contributed by atoms with E-state index in [1.807, 2.05) is 27.1 Å². The fourth-order valence-corrected chi connectivity index (χ4v) is 1.96. The van der Waals surface area contributed by atoms with E-state index in [1.54, 1.807) is 4.68 Å². The summed E-state index contributed by atoms with van der Waals surface area (Å²) in [4.78, 5) is 11.6. The van der Waals surface area contributed by atoms with Crippen molar-refractivity contribution in [3.8, 4) is 0 Å². The first kappa shape index (κ1) is 14.7. The van der Waals surface area contributed by atoms with Gasteiger partial charge in [0, 0.05) is 30.3 Å². The maximum Gasteiger partial charge on any atom is 0.239 e. The lowest BCUT2D eigenvalue weighted by Crippen LogP contribution is -2.38. The third kappa shape index (κ3) is 3.32. The lowest BCUT2D eigenvalue weighted by molar-refractivity contribution is -0.120. The van der Waals surface area contributed by atoms with Crippen LogP contribution in [-0.4, -0.2) is 21.7 Å². The number of amides is 1. The van der Waals surface area contributed by atoms with Crippen LogP contribution in [0.1, 0.15) is 51.9 Å². The fraction of sp³-hybridized carbons (Fsp3) is 0.692. The summed E-state index contributed by atoms with van der Waals surface area (Å²) in [6, 6.07) is -0.316. The summed E-state index contributed by atoms with van der Waals surface area (Å²) in [5.74, 6) is -0.373. The van der Waals surface area contributed by atoms with Crippen LogP contribution in [0.3, 0.4) is 0 Å². The monoisotopic (exact) mass is 252 g/mol. The Bertz CT molecular complexity index is 429. The van der Waals surface area contributed by atoms with E-state index in [1.165, 1.54) is 0 Å². The van der Waals surface area contributed by atoms with Gasteiger partial charge in [-0.3, -0.25) is 14.8 Å². The van der Waals surface area contributed by atoms with Crippen LogP contribution in [0.5, 0.6) is 0 Å². The topological polar surface area (TPSA) is 72.9 Å². The van der Waals surface area contributed by atoms with Gasteiger partial charge in [0.25, 0.3) is 0 Å². The van der Waals surface area contributed by atoms with E-state index in [4.69, 9.17) is 5.73 Å². The Morgan fingerprint density at radius 2 is 2.00 bits per heavy atom. The minimum atomic E-state index is -0.493. The molecule has 3 N–H and O–H groups in total. The molecule has 0 aliphatic carbocycles. The van der Waals surface area contributed by atoms with Gasteiger partial charge in [-0.25, -0.2) is 0 Å². The number of primary amides is 1. The molecule has 0 fully saturated rings. The molecule has 1 unspecified atom stereocenters. The molecule has 0 bridgehead atoms. The number of hydrogen-bond acceptors (Lipinski definition) is 3. The molecule has 1 heterocycles. The Morgan fingerprint density at radius 3 is 2.39 bits per heavy atom. The molecule has 0 aliphatic rings. The van der Waals surface area contributed by atoms with Crippen molar-refractivity contribution >= 4 is 5.91 Å². The van der Waals surface area contributed by atoms with E-state index < -0.39 is 6.04 Å². The molecule has 1 aromatic rings. The predicted molar refractivity (Wildman–Crippen MR) is 72.1 cm³/mol. The number of carbonyl (C=O) groups excluding carboxylic acids is 1. The third-order valence-electron chi connectivity index (χ3n) is 2.66. The molecular weight excluding hydrogens is 228 g/mol. The molecule has 1 aromatic heterocycles. The van der Waals surface area contributed by atoms with Crippen molar-refractivity contribution < 1.29 is 4.79 Å². The first-order chi connectivity index (χ1) is 8.12. The summed E-state index contributed by atoms with van der Waals surface area (Å²) < 4.78 is 1.73. The number of nitrogens with zero attached hydrogens (tertiary/aromatic N) is 2. The standard InChI is InChI=1S/C13H24N4O/c1-8(2)15-10(12(14)18)9-7-17(6)16-11(9)13(3,4)5/h7-8,10,15H,1-6H3,(H2,14,18). The molecule has 0 saturated carbocycles. The van der Waals surface area contributed by atoms with Crippen molar-refractivity contribution in [3.63, 3.8) is 0 Å². The average molecular weight is 252 g/mol. The zero-order valence-corrected chi connectivity index (χ0v) is 12.1. The summed E-state index contributed by atoms with van der Waals surface area (Å²) in [6.07, 6.45) is 1.87. The number of rotatable bonds is 4. The molecule has 0 aliphatic heterocycles. The van der Waals surface area contributed by atoms with Crippen LogP contribution in [0.25, 0.3) is 0 Å². The Labute approximate surface area is 109 Å². The summed E-state index contributed by atoms with van der Waals surface area (Å²) in [7, 11) is 1.85. The Kier molecular flexibility index (Phi) is 4.16. The number of aromatic nitrogens is 2.